The predicted molar refractivity (Wildman–Crippen MR) is 106 cm³/mol. The summed E-state index contributed by atoms with van der Waals surface area (Å²) in [6.45, 7) is 7.95. The maximum atomic E-state index is 12.9. The Labute approximate surface area is 155 Å². The van der Waals surface area contributed by atoms with E-state index in [2.05, 4.69) is 33.2 Å². The van der Waals surface area contributed by atoms with Crippen molar-refractivity contribution in [2.45, 2.75) is 52.9 Å². The average molecular weight is 352 g/mol. The van der Waals surface area contributed by atoms with Crippen molar-refractivity contribution in [1.82, 2.24) is 9.97 Å². The summed E-state index contributed by atoms with van der Waals surface area (Å²) in [4.78, 5) is 24.2. The zero-order valence-electron chi connectivity index (χ0n) is 16.0. The number of para-hydroxylation sites is 1. The standard InChI is InChI=1S/C21H28N4O/c1-4-17-11-9-10-15(2)19(17)24-20(26)18-14-16(3)22-21(23-18)25-12-7-5-6-8-13-25/h9-11,14H,4-8,12-13H2,1-3H3,(H,24,26). The number of amides is 1. The van der Waals surface area contributed by atoms with Crippen LogP contribution in [0.1, 0.15) is 59.9 Å². The van der Waals surface area contributed by atoms with Gasteiger partial charge < -0.3 is 10.2 Å². The summed E-state index contributed by atoms with van der Waals surface area (Å²) in [6.07, 6.45) is 5.69. The van der Waals surface area contributed by atoms with Gasteiger partial charge in [-0.15, -0.1) is 0 Å². The molecule has 1 N–H and O–H groups in total. The van der Waals surface area contributed by atoms with Gasteiger partial charge in [0.15, 0.2) is 0 Å². The molecule has 0 atom stereocenters. The van der Waals surface area contributed by atoms with E-state index in [1.54, 1.807) is 6.07 Å². The Morgan fingerprint density at radius 2 is 1.85 bits per heavy atom. The topological polar surface area (TPSA) is 58.1 Å². The fourth-order valence-corrected chi connectivity index (χ4v) is 3.46. The summed E-state index contributed by atoms with van der Waals surface area (Å²) >= 11 is 0. The Kier molecular flexibility index (Phi) is 5.86. The lowest BCUT2D eigenvalue weighted by molar-refractivity contribution is 0.102. The van der Waals surface area contributed by atoms with E-state index in [4.69, 9.17) is 0 Å². The smallest absolute Gasteiger partial charge is 0.274 e. The number of nitrogens with zero attached hydrogens (tertiary/aromatic N) is 3. The SMILES string of the molecule is CCc1cccc(C)c1NC(=O)c1cc(C)nc(N2CCCCCC2)n1. The number of aromatic nitrogens is 2. The molecular weight excluding hydrogens is 324 g/mol. The predicted octanol–water partition coefficient (Wildman–Crippen LogP) is 4.29. The van der Waals surface area contributed by atoms with Crippen molar-refractivity contribution in [3.63, 3.8) is 0 Å². The van der Waals surface area contributed by atoms with Gasteiger partial charge in [0.25, 0.3) is 5.91 Å². The first-order chi connectivity index (χ1) is 12.6. The van der Waals surface area contributed by atoms with Gasteiger partial charge >= 0.3 is 0 Å². The van der Waals surface area contributed by atoms with Gasteiger partial charge in [0.2, 0.25) is 5.95 Å². The van der Waals surface area contributed by atoms with Crippen molar-refractivity contribution in [2.24, 2.45) is 0 Å². The Morgan fingerprint density at radius 3 is 2.54 bits per heavy atom. The summed E-state index contributed by atoms with van der Waals surface area (Å²) in [5.74, 6) is 0.508. The lowest BCUT2D eigenvalue weighted by Crippen LogP contribution is -2.27. The van der Waals surface area contributed by atoms with Crippen LogP contribution in [0.4, 0.5) is 11.6 Å². The van der Waals surface area contributed by atoms with Crippen LogP contribution in [-0.4, -0.2) is 29.0 Å². The fourth-order valence-electron chi connectivity index (χ4n) is 3.46. The first-order valence-electron chi connectivity index (χ1n) is 9.59. The lowest BCUT2D eigenvalue weighted by atomic mass is 10.1. The molecule has 5 heteroatoms. The minimum Gasteiger partial charge on any atom is -0.341 e. The molecule has 2 aromatic rings. The number of aryl methyl sites for hydroxylation is 3. The number of nitrogens with one attached hydrogen (secondary N) is 1. The Balaban J connectivity index is 1.86. The first kappa shape index (κ1) is 18.4. The molecule has 1 saturated heterocycles. The Bertz CT molecular complexity index is 780. The van der Waals surface area contributed by atoms with Crippen molar-refractivity contribution in [1.29, 1.82) is 0 Å². The molecular formula is C21H28N4O. The molecule has 0 unspecified atom stereocenters. The molecule has 1 aliphatic heterocycles. The van der Waals surface area contributed by atoms with E-state index in [9.17, 15) is 4.79 Å². The molecule has 0 aliphatic carbocycles. The van der Waals surface area contributed by atoms with E-state index in [1.807, 2.05) is 26.0 Å². The first-order valence-corrected chi connectivity index (χ1v) is 9.59. The van der Waals surface area contributed by atoms with Crippen LogP contribution in [0.5, 0.6) is 0 Å². The van der Waals surface area contributed by atoms with E-state index >= 15 is 0 Å². The normalized spacial score (nSPS) is 14.8. The second-order valence-electron chi connectivity index (χ2n) is 7.01. The van der Waals surface area contributed by atoms with Gasteiger partial charge in [-0.3, -0.25) is 4.79 Å². The number of rotatable bonds is 4. The van der Waals surface area contributed by atoms with E-state index in [1.165, 1.54) is 12.8 Å². The number of carbonyl (C=O) groups excluding carboxylic acids is 1. The Morgan fingerprint density at radius 1 is 1.12 bits per heavy atom. The average Bonchev–Trinajstić information content (AvgIpc) is 2.92. The van der Waals surface area contributed by atoms with Crippen molar-refractivity contribution in [3.05, 3.63) is 46.8 Å². The van der Waals surface area contributed by atoms with Gasteiger partial charge in [-0.1, -0.05) is 38.0 Å². The van der Waals surface area contributed by atoms with Crippen LogP contribution in [0.25, 0.3) is 0 Å². The maximum Gasteiger partial charge on any atom is 0.274 e. The van der Waals surface area contributed by atoms with Crippen molar-refractivity contribution < 1.29 is 4.79 Å². The van der Waals surface area contributed by atoms with Gasteiger partial charge in [-0.25, -0.2) is 9.97 Å². The third-order valence-corrected chi connectivity index (χ3v) is 4.94. The molecule has 138 valence electrons. The highest BCUT2D eigenvalue weighted by Gasteiger charge is 2.17. The molecule has 1 aromatic carbocycles. The highest BCUT2D eigenvalue weighted by atomic mass is 16.1. The number of hydrogen-bond donors (Lipinski definition) is 1. The van der Waals surface area contributed by atoms with Crippen LogP contribution in [0.2, 0.25) is 0 Å². The molecule has 3 rings (SSSR count). The van der Waals surface area contributed by atoms with E-state index < -0.39 is 0 Å². The lowest BCUT2D eigenvalue weighted by Gasteiger charge is -2.21. The van der Waals surface area contributed by atoms with Crippen molar-refractivity contribution >= 4 is 17.5 Å². The maximum absolute atomic E-state index is 12.9. The van der Waals surface area contributed by atoms with Gasteiger partial charge in [0.1, 0.15) is 5.69 Å². The zero-order chi connectivity index (χ0) is 18.5. The molecule has 1 fully saturated rings. The van der Waals surface area contributed by atoms with Crippen LogP contribution in [-0.2, 0) is 6.42 Å². The molecule has 26 heavy (non-hydrogen) atoms. The van der Waals surface area contributed by atoms with E-state index in [0.29, 0.717) is 11.6 Å². The minimum absolute atomic E-state index is 0.171. The Hall–Kier alpha value is -2.43. The van der Waals surface area contributed by atoms with Gasteiger partial charge in [0, 0.05) is 24.5 Å². The molecule has 1 aromatic heterocycles. The van der Waals surface area contributed by atoms with Crippen LogP contribution < -0.4 is 10.2 Å². The molecule has 5 nitrogen and oxygen atoms in total. The number of hydrogen-bond acceptors (Lipinski definition) is 4. The summed E-state index contributed by atoms with van der Waals surface area (Å²) < 4.78 is 0. The van der Waals surface area contributed by atoms with Crippen LogP contribution in [0, 0.1) is 13.8 Å². The minimum atomic E-state index is -0.171. The second kappa shape index (κ2) is 8.30. The molecule has 1 aliphatic rings. The van der Waals surface area contributed by atoms with Crippen molar-refractivity contribution in [2.75, 3.05) is 23.3 Å². The van der Waals surface area contributed by atoms with Gasteiger partial charge in [-0.2, -0.15) is 0 Å². The summed E-state index contributed by atoms with van der Waals surface area (Å²) in [7, 11) is 0. The number of carbonyl (C=O) groups is 1. The van der Waals surface area contributed by atoms with E-state index in [0.717, 1.165) is 54.9 Å². The third-order valence-electron chi connectivity index (χ3n) is 4.94. The number of anilines is 2. The van der Waals surface area contributed by atoms with Crippen LogP contribution >= 0.6 is 0 Å². The molecule has 2 heterocycles. The quantitative estimate of drug-likeness (QED) is 0.892. The van der Waals surface area contributed by atoms with Gasteiger partial charge in [0.05, 0.1) is 0 Å². The molecule has 0 spiro atoms. The highest BCUT2D eigenvalue weighted by Crippen LogP contribution is 2.22. The highest BCUT2D eigenvalue weighted by molar-refractivity contribution is 6.04. The van der Waals surface area contributed by atoms with E-state index in [-0.39, 0.29) is 5.91 Å². The number of benzene rings is 1. The molecule has 0 bridgehead atoms. The van der Waals surface area contributed by atoms with Crippen LogP contribution in [0.3, 0.4) is 0 Å². The van der Waals surface area contributed by atoms with Crippen molar-refractivity contribution in [3.8, 4) is 0 Å². The zero-order valence-corrected chi connectivity index (χ0v) is 16.0. The summed E-state index contributed by atoms with van der Waals surface area (Å²) in [5, 5.41) is 3.07. The molecule has 0 radical (unpaired) electrons. The fraction of sp³-hybridized carbons (Fsp3) is 0.476. The summed E-state index contributed by atoms with van der Waals surface area (Å²) in [5.41, 5.74) is 4.35. The third kappa shape index (κ3) is 4.21. The van der Waals surface area contributed by atoms with Crippen LogP contribution in [0.15, 0.2) is 24.3 Å². The second-order valence-corrected chi connectivity index (χ2v) is 7.01. The summed E-state index contributed by atoms with van der Waals surface area (Å²) in [6, 6.07) is 7.86. The largest absolute Gasteiger partial charge is 0.341 e. The monoisotopic (exact) mass is 352 g/mol. The molecule has 0 saturated carbocycles. The molecule has 1 amide bonds. The van der Waals surface area contributed by atoms with Gasteiger partial charge in [-0.05, 0) is 50.3 Å².